The van der Waals surface area contributed by atoms with E-state index in [-0.39, 0.29) is 12.0 Å². The van der Waals surface area contributed by atoms with Gasteiger partial charge in [0, 0.05) is 32.7 Å². The fraction of sp³-hybridized carbons (Fsp3) is 0.269. The lowest BCUT2D eigenvalue weighted by Crippen LogP contribution is -2.56. The van der Waals surface area contributed by atoms with Crippen LogP contribution in [0.5, 0.6) is 0 Å². The molecular weight excluding hydrogens is 372 g/mol. The molecule has 0 radical (unpaired) electrons. The van der Waals surface area contributed by atoms with E-state index >= 15 is 0 Å². The lowest BCUT2D eigenvalue weighted by atomic mass is 10.1. The molecule has 1 saturated heterocycles. The molecule has 1 aliphatic rings. The van der Waals surface area contributed by atoms with Gasteiger partial charge in [0.25, 0.3) is 0 Å². The number of piperazine rings is 1. The Bertz CT molecular complexity index is 916. The van der Waals surface area contributed by atoms with Gasteiger partial charge < -0.3 is 4.74 Å². The average Bonchev–Trinajstić information content (AvgIpc) is 2.80. The molecule has 0 bridgehead atoms. The van der Waals surface area contributed by atoms with E-state index in [0.29, 0.717) is 13.2 Å². The van der Waals surface area contributed by atoms with Gasteiger partial charge in [0.15, 0.2) is 0 Å². The van der Waals surface area contributed by atoms with Crippen LogP contribution in [0.25, 0.3) is 0 Å². The van der Waals surface area contributed by atoms with E-state index in [1.807, 2.05) is 54.6 Å². The fourth-order valence-corrected chi connectivity index (χ4v) is 3.92. The van der Waals surface area contributed by atoms with Gasteiger partial charge >= 0.3 is 5.97 Å². The predicted octanol–water partition coefficient (Wildman–Crippen LogP) is 4.12. The number of nitrogens with zero attached hydrogens (tertiary/aromatic N) is 2. The second kappa shape index (κ2) is 10.2. The number of ether oxygens (including phenoxy) is 1. The van der Waals surface area contributed by atoms with E-state index in [2.05, 4.69) is 46.2 Å². The predicted molar refractivity (Wildman–Crippen MR) is 119 cm³/mol. The van der Waals surface area contributed by atoms with Gasteiger partial charge in [-0.1, -0.05) is 91.0 Å². The molecule has 0 N–H and O–H groups in total. The fourth-order valence-electron chi connectivity index (χ4n) is 3.92. The first-order chi connectivity index (χ1) is 14.8. The van der Waals surface area contributed by atoms with Crippen molar-refractivity contribution in [1.29, 1.82) is 0 Å². The van der Waals surface area contributed by atoms with Gasteiger partial charge in [0.2, 0.25) is 0 Å². The van der Waals surface area contributed by atoms with E-state index in [1.54, 1.807) is 0 Å². The summed E-state index contributed by atoms with van der Waals surface area (Å²) >= 11 is 0. The number of hydrogen-bond acceptors (Lipinski definition) is 4. The molecule has 3 aromatic rings. The second-order valence-electron chi connectivity index (χ2n) is 7.79. The Kier molecular flexibility index (Phi) is 6.91. The molecule has 1 atom stereocenters. The molecule has 154 valence electrons. The number of benzene rings is 3. The zero-order valence-corrected chi connectivity index (χ0v) is 17.2. The van der Waals surface area contributed by atoms with Gasteiger partial charge in [0.1, 0.15) is 12.6 Å². The number of rotatable bonds is 7. The number of hydrogen-bond donors (Lipinski definition) is 0. The van der Waals surface area contributed by atoms with Crippen LogP contribution in [0.4, 0.5) is 0 Å². The Balaban J connectivity index is 1.44. The van der Waals surface area contributed by atoms with Crippen LogP contribution in [0, 0.1) is 0 Å². The molecule has 0 unspecified atom stereocenters. The zero-order valence-electron chi connectivity index (χ0n) is 17.2. The van der Waals surface area contributed by atoms with Crippen LogP contribution < -0.4 is 0 Å². The molecular formula is C26H28N2O2. The van der Waals surface area contributed by atoms with E-state index in [0.717, 1.165) is 31.7 Å². The molecule has 3 aromatic carbocycles. The molecule has 1 aliphatic heterocycles. The number of esters is 1. The highest BCUT2D eigenvalue weighted by Crippen LogP contribution is 2.18. The summed E-state index contributed by atoms with van der Waals surface area (Å²) in [5.74, 6) is -0.146. The van der Waals surface area contributed by atoms with Crippen LogP contribution in [0.1, 0.15) is 16.7 Å². The standard InChI is InChI=1S/C26H28N2O2/c29-26(30-21-24-14-8-3-9-15-24)25-20-27(18-22-10-4-1-5-11-22)16-17-28(25)19-23-12-6-2-7-13-23/h1-15,25H,16-21H2/t25-/m1/s1. The molecule has 0 aromatic heterocycles. The topological polar surface area (TPSA) is 32.8 Å². The van der Waals surface area contributed by atoms with Gasteiger partial charge in [-0.2, -0.15) is 0 Å². The third-order valence-electron chi connectivity index (χ3n) is 5.55. The molecule has 0 saturated carbocycles. The van der Waals surface area contributed by atoms with Gasteiger partial charge in [-0.3, -0.25) is 14.6 Å². The molecule has 4 nitrogen and oxygen atoms in total. The SMILES string of the molecule is O=C(OCc1ccccc1)[C@H]1CN(Cc2ccccc2)CCN1Cc1ccccc1. The lowest BCUT2D eigenvalue weighted by molar-refractivity contribution is -0.154. The van der Waals surface area contributed by atoms with Crippen LogP contribution in [-0.4, -0.2) is 41.4 Å². The summed E-state index contributed by atoms with van der Waals surface area (Å²) in [6, 6.07) is 30.4. The minimum Gasteiger partial charge on any atom is -0.460 e. The average molecular weight is 401 g/mol. The third kappa shape index (κ3) is 5.56. The molecule has 0 amide bonds. The van der Waals surface area contributed by atoms with Crippen LogP contribution in [-0.2, 0) is 29.2 Å². The van der Waals surface area contributed by atoms with Crippen molar-refractivity contribution in [3.63, 3.8) is 0 Å². The van der Waals surface area contributed by atoms with Gasteiger partial charge in [0.05, 0.1) is 0 Å². The number of carbonyl (C=O) groups excluding carboxylic acids is 1. The van der Waals surface area contributed by atoms with Crippen LogP contribution in [0.15, 0.2) is 91.0 Å². The van der Waals surface area contributed by atoms with Crippen LogP contribution in [0.3, 0.4) is 0 Å². The van der Waals surface area contributed by atoms with Crippen molar-refractivity contribution < 1.29 is 9.53 Å². The quantitative estimate of drug-likeness (QED) is 0.559. The summed E-state index contributed by atoms with van der Waals surface area (Å²) in [4.78, 5) is 17.7. The van der Waals surface area contributed by atoms with Gasteiger partial charge in [-0.15, -0.1) is 0 Å². The smallest absolute Gasteiger partial charge is 0.325 e. The van der Waals surface area contributed by atoms with Crippen molar-refractivity contribution in [1.82, 2.24) is 9.80 Å². The van der Waals surface area contributed by atoms with Crippen molar-refractivity contribution in [2.24, 2.45) is 0 Å². The molecule has 0 aliphatic carbocycles. The van der Waals surface area contributed by atoms with Gasteiger partial charge in [-0.25, -0.2) is 0 Å². The third-order valence-corrected chi connectivity index (χ3v) is 5.55. The lowest BCUT2D eigenvalue weighted by Gasteiger charge is -2.40. The van der Waals surface area contributed by atoms with Crippen molar-refractivity contribution in [3.8, 4) is 0 Å². The normalized spacial score (nSPS) is 17.5. The second-order valence-corrected chi connectivity index (χ2v) is 7.79. The van der Waals surface area contributed by atoms with Crippen molar-refractivity contribution >= 4 is 5.97 Å². The maximum Gasteiger partial charge on any atom is 0.325 e. The van der Waals surface area contributed by atoms with Crippen LogP contribution in [0.2, 0.25) is 0 Å². The molecule has 0 spiro atoms. The monoisotopic (exact) mass is 400 g/mol. The summed E-state index contributed by atoms with van der Waals surface area (Å²) < 4.78 is 5.73. The summed E-state index contributed by atoms with van der Waals surface area (Å²) in [6.07, 6.45) is 0. The van der Waals surface area contributed by atoms with Crippen molar-refractivity contribution in [2.75, 3.05) is 19.6 Å². The van der Waals surface area contributed by atoms with Gasteiger partial charge in [-0.05, 0) is 16.7 Å². The Labute approximate surface area is 178 Å². The Hall–Kier alpha value is -2.95. The summed E-state index contributed by atoms with van der Waals surface area (Å²) in [5, 5.41) is 0. The molecule has 1 heterocycles. The largest absolute Gasteiger partial charge is 0.460 e. The van der Waals surface area contributed by atoms with Crippen molar-refractivity contribution in [2.45, 2.75) is 25.7 Å². The first-order valence-electron chi connectivity index (χ1n) is 10.5. The highest BCUT2D eigenvalue weighted by Gasteiger charge is 2.33. The maximum absolute atomic E-state index is 13.1. The molecule has 1 fully saturated rings. The highest BCUT2D eigenvalue weighted by atomic mass is 16.5. The summed E-state index contributed by atoms with van der Waals surface area (Å²) in [5.41, 5.74) is 3.50. The Morgan fingerprint density at radius 1 is 0.733 bits per heavy atom. The number of carbonyl (C=O) groups is 1. The Morgan fingerprint density at radius 3 is 1.87 bits per heavy atom. The molecule has 4 heteroatoms. The van der Waals surface area contributed by atoms with E-state index in [9.17, 15) is 4.79 Å². The minimum absolute atomic E-state index is 0.146. The van der Waals surface area contributed by atoms with E-state index in [1.165, 1.54) is 11.1 Å². The van der Waals surface area contributed by atoms with Crippen LogP contribution >= 0.6 is 0 Å². The minimum atomic E-state index is -0.272. The zero-order chi connectivity index (χ0) is 20.6. The summed E-state index contributed by atoms with van der Waals surface area (Å²) in [7, 11) is 0. The first-order valence-corrected chi connectivity index (χ1v) is 10.5. The summed E-state index contributed by atoms with van der Waals surface area (Å²) in [6.45, 7) is 4.37. The molecule has 4 rings (SSSR count). The Morgan fingerprint density at radius 2 is 1.27 bits per heavy atom. The highest BCUT2D eigenvalue weighted by molar-refractivity contribution is 5.76. The van der Waals surface area contributed by atoms with Crippen molar-refractivity contribution in [3.05, 3.63) is 108 Å². The molecule has 30 heavy (non-hydrogen) atoms. The van der Waals surface area contributed by atoms with E-state index < -0.39 is 0 Å². The van der Waals surface area contributed by atoms with E-state index in [4.69, 9.17) is 4.74 Å². The maximum atomic E-state index is 13.1. The first kappa shape index (κ1) is 20.3.